The van der Waals surface area contributed by atoms with Gasteiger partial charge in [0, 0.05) is 0 Å². The second-order valence-corrected chi connectivity index (χ2v) is 7.89. The van der Waals surface area contributed by atoms with Gasteiger partial charge < -0.3 is 5.11 Å². The molecule has 2 rings (SSSR count). The fourth-order valence-electron chi connectivity index (χ4n) is 1.56. The van der Waals surface area contributed by atoms with Crippen LogP contribution in [0.15, 0.2) is 28.5 Å². The topological polar surface area (TPSA) is 83.5 Å². The summed E-state index contributed by atoms with van der Waals surface area (Å²) in [5.41, 5.74) is 0.634. The van der Waals surface area contributed by atoms with E-state index >= 15 is 0 Å². The Kier molecular flexibility index (Phi) is 4.48. The van der Waals surface area contributed by atoms with Gasteiger partial charge in [0.15, 0.2) is 0 Å². The lowest BCUT2D eigenvalue weighted by molar-refractivity contribution is 0.0701. The number of carbonyl (C=O) groups is 1. The first-order valence-corrected chi connectivity index (χ1v) is 8.58. The Balaban J connectivity index is 2.36. The number of hydrogen-bond donors (Lipinski definition) is 2. The van der Waals surface area contributed by atoms with Crippen LogP contribution >= 0.6 is 34.5 Å². The molecule has 0 unspecified atom stereocenters. The monoisotopic (exact) mass is 365 g/mol. The molecular weight excluding hydrogens is 357 g/mol. The normalized spacial score (nSPS) is 11.4. The minimum Gasteiger partial charge on any atom is -0.477 e. The van der Waals surface area contributed by atoms with E-state index < -0.39 is 16.0 Å². The summed E-state index contributed by atoms with van der Waals surface area (Å²) in [6.45, 7) is 1.54. The van der Waals surface area contributed by atoms with Crippen molar-refractivity contribution in [3.63, 3.8) is 0 Å². The Morgan fingerprint density at radius 1 is 1.24 bits per heavy atom. The molecule has 0 fully saturated rings. The number of aryl methyl sites for hydroxylation is 1. The number of aromatic carboxylic acids is 1. The van der Waals surface area contributed by atoms with Gasteiger partial charge in [-0.2, -0.15) is 0 Å². The molecular formula is C12H9Cl2NO4S2. The van der Waals surface area contributed by atoms with Crippen molar-refractivity contribution in [1.82, 2.24) is 0 Å². The third-order valence-corrected chi connectivity index (χ3v) is 6.35. The highest BCUT2D eigenvalue weighted by molar-refractivity contribution is 7.94. The molecule has 0 aliphatic rings. The van der Waals surface area contributed by atoms with Crippen LogP contribution in [0.4, 0.5) is 5.69 Å². The average molecular weight is 366 g/mol. The van der Waals surface area contributed by atoms with Crippen LogP contribution in [0, 0.1) is 6.92 Å². The number of rotatable bonds is 4. The van der Waals surface area contributed by atoms with Gasteiger partial charge in [0.2, 0.25) is 0 Å². The summed E-state index contributed by atoms with van der Waals surface area (Å²) in [7, 11) is -3.87. The molecule has 5 nitrogen and oxygen atoms in total. The first kappa shape index (κ1) is 16.1. The number of halogens is 2. The van der Waals surface area contributed by atoms with Crippen molar-refractivity contribution in [2.75, 3.05) is 4.72 Å². The van der Waals surface area contributed by atoms with Crippen molar-refractivity contribution in [2.45, 2.75) is 11.1 Å². The summed E-state index contributed by atoms with van der Waals surface area (Å²) in [5, 5.41) is 9.48. The van der Waals surface area contributed by atoms with Gasteiger partial charge in [-0.05, 0) is 36.8 Å². The molecule has 1 aromatic carbocycles. The zero-order chi connectivity index (χ0) is 15.8. The number of hydrogen-bond acceptors (Lipinski definition) is 4. The molecule has 0 amide bonds. The van der Waals surface area contributed by atoms with E-state index in [0.29, 0.717) is 21.9 Å². The minimum atomic E-state index is -3.87. The highest BCUT2D eigenvalue weighted by atomic mass is 35.5. The fraction of sp³-hybridized carbons (Fsp3) is 0.0833. The molecule has 0 aliphatic carbocycles. The molecule has 0 aliphatic heterocycles. The maximum absolute atomic E-state index is 12.2. The molecule has 0 atom stereocenters. The fourth-order valence-corrected chi connectivity index (χ4v) is 4.29. The average Bonchev–Trinajstić information content (AvgIpc) is 2.77. The van der Waals surface area contributed by atoms with E-state index in [0.717, 1.165) is 0 Å². The van der Waals surface area contributed by atoms with E-state index in [1.807, 2.05) is 0 Å². The molecule has 9 heteroatoms. The predicted octanol–water partition coefficient (Wildman–Crippen LogP) is 3.86. The van der Waals surface area contributed by atoms with E-state index in [4.69, 9.17) is 28.3 Å². The van der Waals surface area contributed by atoms with E-state index in [9.17, 15) is 13.2 Å². The van der Waals surface area contributed by atoms with E-state index in [2.05, 4.69) is 4.72 Å². The quantitative estimate of drug-likeness (QED) is 0.861. The van der Waals surface area contributed by atoms with Gasteiger partial charge in [0.25, 0.3) is 10.0 Å². The van der Waals surface area contributed by atoms with Crippen molar-refractivity contribution < 1.29 is 18.3 Å². The van der Waals surface area contributed by atoms with Gasteiger partial charge in [0.1, 0.15) is 9.09 Å². The summed E-state index contributed by atoms with van der Waals surface area (Å²) in [6.07, 6.45) is 0. The zero-order valence-corrected chi connectivity index (χ0v) is 13.7. The Labute approximate surface area is 135 Å². The molecule has 0 spiro atoms. The molecule has 2 N–H and O–H groups in total. The van der Waals surface area contributed by atoms with E-state index in [-0.39, 0.29) is 19.8 Å². The highest BCUT2D eigenvalue weighted by Crippen LogP contribution is 2.30. The lowest BCUT2D eigenvalue weighted by Gasteiger charge is -2.07. The maximum Gasteiger partial charge on any atom is 0.346 e. The van der Waals surface area contributed by atoms with Crippen molar-refractivity contribution >= 4 is 56.2 Å². The molecule has 0 saturated carbocycles. The largest absolute Gasteiger partial charge is 0.477 e. The van der Waals surface area contributed by atoms with Crippen LogP contribution in [0.25, 0.3) is 0 Å². The second-order valence-electron chi connectivity index (χ2n) is 4.12. The van der Waals surface area contributed by atoms with Crippen LogP contribution < -0.4 is 4.72 Å². The Morgan fingerprint density at radius 2 is 1.90 bits per heavy atom. The predicted molar refractivity (Wildman–Crippen MR) is 83.3 cm³/mol. The van der Waals surface area contributed by atoms with Crippen LogP contribution in [-0.4, -0.2) is 19.5 Å². The van der Waals surface area contributed by atoms with Gasteiger partial charge in [-0.25, -0.2) is 13.2 Å². The molecule has 1 heterocycles. The highest BCUT2D eigenvalue weighted by Gasteiger charge is 2.22. The second kappa shape index (κ2) is 5.84. The summed E-state index contributed by atoms with van der Waals surface area (Å²) < 4.78 is 26.7. The van der Waals surface area contributed by atoms with Crippen LogP contribution in [0.2, 0.25) is 10.0 Å². The first-order chi connectivity index (χ1) is 9.70. The number of carboxylic acids is 1. The lowest BCUT2D eigenvalue weighted by atomic mass is 10.3. The third kappa shape index (κ3) is 3.49. The van der Waals surface area contributed by atoms with Gasteiger partial charge in [-0.15, -0.1) is 11.3 Å². The maximum atomic E-state index is 12.2. The molecule has 112 valence electrons. The van der Waals surface area contributed by atoms with Crippen molar-refractivity contribution in [1.29, 1.82) is 0 Å². The first-order valence-electron chi connectivity index (χ1n) is 5.52. The van der Waals surface area contributed by atoms with Gasteiger partial charge >= 0.3 is 5.97 Å². The van der Waals surface area contributed by atoms with Crippen LogP contribution in [0.3, 0.4) is 0 Å². The smallest absolute Gasteiger partial charge is 0.346 e. The number of sulfonamides is 1. The van der Waals surface area contributed by atoms with Crippen molar-refractivity contribution in [3.8, 4) is 0 Å². The van der Waals surface area contributed by atoms with E-state index in [1.54, 1.807) is 0 Å². The molecule has 1 aromatic heterocycles. The van der Waals surface area contributed by atoms with E-state index in [1.165, 1.54) is 31.2 Å². The molecule has 0 saturated heterocycles. The Morgan fingerprint density at radius 3 is 2.43 bits per heavy atom. The number of carboxylic acid groups (broad SMARTS) is 1. The SMILES string of the molecule is Cc1cc(S(=O)(=O)Nc2ccc(Cl)c(Cl)c2)sc1C(=O)O. The third-order valence-electron chi connectivity index (χ3n) is 2.53. The number of anilines is 1. The summed E-state index contributed by atoms with van der Waals surface area (Å²) in [4.78, 5) is 11.0. The molecule has 0 radical (unpaired) electrons. The zero-order valence-electron chi connectivity index (χ0n) is 10.6. The van der Waals surface area contributed by atoms with Gasteiger partial charge in [0.05, 0.1) is 15.7 Å². The summed E-state index contributed by atoms with van der Waals surface area (Å²) >= 11 is 12.3. The number of thiophene rings is 1. The van der Waals surface area contributed by atoms with Crippen molar-refractivity contribution in [2.24, 2.45) is 0 Å². The van der Waals surface area contributed by atoms with Gasteiger partial charge in [-0.3, -0.25) is 4.72 Å². The molecule has 0 bridgehead atoms. The lowest BCUT2D eigenvalue weighted by Crippen LogP contribution is -2.11. The number of nitrogens with one attached hydrogen (secondary N) is 1. The van der Waals surface area contributed by atoms with Crippen molar-refractivity contribution in [3.05, 3.63) is 44.8 Å². The molecule has 21 heavy (non-hydrogen) atoms. The van der Waals surface area contributed by atoms with Crippen LogP contribution in [0.5, 0.6) is 0 Å². The van der Waals surface area contributed by atoms with Crippen LogP contribution in [0.1, 0.15) is 15.2 Å². The summed E-state index contributed by atoms with van der Waals surface area (Å²) in [6, 6.07) is 5.61. The minimum absolute atomic E-state index is 0.00971. The Hall–Kier alpha value is -1.28. The van der Waals surface area contributed by atoms with Crippen LogP contribution in [-0.2, 0) is 10.0 Å². The molecule has 2 aromatic rings. The summed E-state index contributed by atoms with van der Waals surface area (Å²) in [5.74, 6) is -1.16. The van der Waals surface area contributed by atoms with Gasteiger partial charge in [-0.1, -0.05) is 23.2 Å². The standard InChI is InChI=1S/C12H9Cl2NO4S2/c1-6-4-10(20-11(6)12(16)17)21(18,19)15-7-2-3-8(13)9(14)5-7/h2-5,15H,1H3,(H,16,17). The number of benzene rings is 1. The Bertz CT molecular complexity index is 815.